The fraction of sp³-hybridized carbons (Fsp3) is 0.417. The zero-order valence-corrected chi connectivity index (χ0v) is 9.04. The number of hydrogen-bond donors (Lipinski definition) is 0. The molecule has 0 radical (unpaired) electrons. The maximum Gasteiger partial charge on any atom is 0.0991 e. The van der Waals surface area contributed by atoms with Crippen molar-refractivity contribution in [3.63, 3.8) is 0 Å². The first-order valence-corrected chi connectivity index (χ1v) is 4.80. The predicted octanol–water partition coefficient (Wildman–Crippen LogP) is 4.00. The molecule has 0 fully saturated rings. The van der Waals surface area contributed by atoms with Crippen LogP contribution in [0.25, 0.3) is 0 Å². The zero-order chi connectivity index (χ0) is 10.5. The second-order valence-electron chi connectivity index (χ2n) is 2.18. The molecule has 0 aliphatic carbocycles. The van der Waals surface area contributed by atoms with Gasteiger partial charge in [0.2, 0.25) is 0 Å². The lowest BCUT2D eigenvalue weighted by Gasteiger charge is -1.80. The smallest absolute Gasteiger partial charge is 0.0991 e. The summed E-state index contributed by atoms with van der Waals surface area (Å²) in [7, 11) is 0. The summed E-state index contributed by atoms with van der Waals surface area (Å²) < 4.78 is 0. The molecule has 0 spiro atoms. The number of benzene rings is 1. The Morgan fingerprint density at radius 3 is 1.69 bits per heavy atom. The summed E-state index contributed by atoms with van der Waals surface area (Å²) in [5, 5.41) is 8.29. The van der Waals surface area contributed by atoms with E-state index in [1.807, 2.05) is 38.1 Å². The van der Waals surface area contributed by atoms with Gasteiger partial charge in [-0.25, -0.2) is 0 Å². The molecule has 0 saturated heterocycles. The van der Waals surface area contributed by atoms with Crippen molar-refractivity contribution in [3.05, 3.63) is 35.9 Å². The maximum absolute atomic E-state index is 8.29. The van der Waals surface area contributed by atoms with Crippen LogP contribution >= 0.6 is 0 Å². The molecule has 0 bridgehead atoms. The van der Waals surface area contributed by atoms with Crippen LogP contribution in [0.3, 0.4) is 0 Å². The number of rotatable bonds is 0. The molecule has 1 rings (SSSR count). The van der Waals surface area contributed by atoms with E-state index in [9.17, 15) is 0 Å². The Morgan fingerprint density at radius 2 is 1.46 bits per heavy atom. The van der Waals surface area contributed by atoms with Crippen molar-refractivity contribution in [1.82, 2.24) is 0 Å². The van der Waals surface area contributed by atoms with Crippen molar-refractivity contribution < 1.29 is 0 Å². The summed E-state index contributed by atoms with van der Waals surface area (Å²) in [5.74, 6) is 0. The molecule has 0 aromatic heterocycles. The highest BCUT2D eigenvalue weighted by atomic mass is 14.2. The largest absolute Gasteiger partial charge is 0.192 e. The lowest BCUT2D eigenvalue weighted by atomic mass is 10.2. The van der Waals surface area contributed by atoms with Crippen LogP contribution in [0.15, 0.2) is 30.3 Å². The van der Waals surface area contributed by atoms with Gasteiger partial charge in [-0.3, -0.25) is 0 Å². The van der Waals surface area contributed by atoms with Crippen LogP contribution in [0.4, 0.5) is 0 Å². The van der Waals surface area contributed by atoms with Crippen LogP contribution in [0.2, 0.25) is 0 Å². The second-order valence-corrected chi connectivity index (χ2v) is 2.18. The monoisotopic (exact) mass is 177 g/mol. The van der Waals surface area contributed by atoms with Gasteiger partial charge in [-0.2, -0.15) is 5.26 Å². The highest BCUT2D eigenvalue weighted by Gasteiger charge is 1.79. The average molecular weight is 177 g/mol. The van der Waals surface area contributed by atoms with Gasteiger partial charge in [0.05, 0.1) is 11.6 Å². The third kappa shape index (κ3) is 10.7. The molecule has 0 aliphatic heterocycles. The van der Waals surface area contributed by atoms with E-state index in [0.717, 1.165) is 0 Å². The summed E-state index contributed by atoms with van der Waals surface area (Å²) >= 11 is 0. The van der Waals surface area contributed by atoms with Gasteiger partial charge in [0, 0.05) is 0 Å². The fourth-order valence-corrected chi connectivity index (χ4v) is 0.513. The Labute approximate surface area is 82.0 Å². The Kier molecular flexibility index (Phi) is 14.6. The van der Waals surface area contributed by atoms with Gasteiger partial charge in [0.25, 0.3) is 0 Å². The highest BCUT2D eigenvalue weighted by Crippen LogP contribution is 1.93. The first kappa shape index (κ1) is 14.2. The molecule has 0 heterocycles. The molecular formula is C12H19N. The SMILES string of the molecule is CC.CCC.N#Cc1ccccc1. The van der Waals surface area contributed by atoms with E-state index in [1.165, 1.54) is 6.42 Å². The summed E-state index contributed by atoms with van der Waals surface area (Å²) in [6.45, 7) is 8.25. The van der Waals surface area contributed by atoms with Crippen LogP contribution in [-0.4, -0.2) is 0 Å². The van der Waals surface area contributed by atoms with Gasteiger partial charge < -0.3 is 0 Å². The summed E-state index contributed by atoms with van der Waals surface area (Å²) in [5.41, 5.74) is 0.715. The third-order valence-corrected chi connectivity index (χ3v) is 0.903. The number of nitriles is 1. The molecule has 0 aliphatic rings. The molecule has 0 saturated carbocycles. The predicted molar refractivity (Wildman–Crippen MR) is 58.5 cm³/mol. The Balaban J connectivity index is 0. The first-order valence-electron chi connectivity index (χ1n) is 4.80. The van der Waals surface area contributed by atoms with E-state index < -0.39 is 0 Å². The van der Waals surface area contributed by atoms with E-state index in [2.05, 4.69) is 13.8 Å². The van der Waals surface area contributed by atoms with Crippen LogP contribution in [0.5, 0.6) is 0 Å². The minimum absolute atomic E-state index is 0.715. The fourth-order valence-electron chi connectivity index (χ4n) is 0.513. The van der Waals surface area contributed by atoms with Gasteiger partial charge in [0.15, 0.2) is 0 Å². The molecule has 0 N–H and O–H groups in total. The van der Waals surface area contributed by atoms with Crippen molar-refractivity contribution in [2.24, 2.45) is 0 Å². The first-order chi connectivity index (χ1) is 6.35. The molecule has 0 amide bonds. The van der Waals surface area contributed by atoms with E-state index in [1.54, 1.807) is 12.1 Å². The van der Waals surface area contributed by atoms with Crippen molar-refractivity contribution in [2.75, 3.05) is 0 Å². The summed E-state index contributed by atoms with van der Waals surface area (Å²) in [4.78, 5) is 0. The van der Waals surface area contributed by atoms with Crippen molar-refractivity contribution >= 4 is 0 Å². The Morgan fingerprint density at radius 1 is 1.08 bits per heavy atom. The average Bonchev–Trinajstić information content (AvgIpc) is 2.23. The van der Waals surface area contributed by atoms with Crippen molar-refractivity contribution in [3.8, 4) is 6.07 Å². The lowest BCUT2D eigenvalue weighted by Crippen LogP contribution is -1.66. The van der Waals surface area contributed by atoms with Crippen LogP contribution in [0.1, 0.15) is 39.7 Å². The van der Waals surface area contributed by atoms with Gasteiger partial charge in [-0.1, -0.05) is 52.3 Å². The minimum atomic E-state index is 0.715. The molecule has 72 valence electrons. The van der Waals surface area contributed by atoms with Crippen LogP contribution in [0, 0.1) is 11.3 Å². The van der Waals surface area contributed by atoms with Gasteiger partial charge in [0.1, 0.15) is 0 Å². The van der Waals surface area contributed by atoms with E-state index in [0.29, 0.717) is 5.56 Å². The lowest BCUT2D eigenvalue weighted by molar-refractivity contribution is 1.09. The van der Waals surface area contributed by atoms with Crippen LogP contribution < -0.4 is 0 Å². The minimum Gasteiger partial charge on any atom is -0.192 e. The standard InChI is InChI=1S/C7H5N.C3H8.C2H6/c8-6-7-4-2-1-3-5-7;1-3-2;1-2/h1-5H;3H2,1-2H3;1-2H3. The Bertz CT molecular complexity index is 208. The molecule has 1 nitrogen and oxygen atoms in total. The Hall–Kier alpha value is -1.29. The molecule has 1 heteroatoms. The van der Waals surface area contributed by atoms with Crippen molar-refractivity contribution in [2.45, 2.75) is 34.1 Å². The quantitative estimate of drug-likeness (QED) is 0.587. The number of nitrogens with zero attached hydrogens (tertiary/aromatic N) is 1. The molecule has 1 aromatic carbocycles. The van der Waals surface area contributed by atoms with Gasteiger partial charge in [-0.15, -0.1) is 0 Å². The normalized spacial score (nSPS) is 6.69. The molecule has 0 atom stereocenters. The topological polar surface area (TPSA) is 23.8 Å². The maximum atomic E-state index is 8.29. The molecular weight excluding hydrogens is 158 g/mol. The highest BCUT2D eigenvalue weighted by molar-refractivity contribution is 5.27. The van der Waals surface area contributed by atoms with Gasteiger partial charge >= 0.3 is 0 Å². The zero-order valence-electron chi connectivity index (χ0n) is 9.04. The molecule has 0 unspecified atom stereocenters. The van der Waals surface area contributed by atoms with Crippen molar-refractivity contribution in [1.29, 1.82) is 5.26 Å². The van der Waals surface area contributed by atoms with Crippen LogP contribution in [-0.2, 0) is 0 Å². The van der Waals surface area contributed by atoms with E-state index >= 15 is 0 Å². The van der Waals surface area contributed by atoms with E-state index in [4.69, 9.17) is 5.26 Å². The van der Waals surface area contributed by atoms with Gasteiger partial charge in [-0.05, 0) is 12.1 Å². The summed E-state index contributed by atoms with van der Waals surface area (Å²) in [6, 6.07) is 11.2. The second kappa shape index (κ2) is 13.3. The molecule has 1 aromatic rings. The molecule has 13 heavy (non-hydrogen) atoms. The summed E-state index contributed by atoms with van der Waals surface area (Å²) in [6.07, 6.45) is 1.25. The number of hydrogen-bond acceptors (Lipinski definition) is 1. The van der Waals surface area contributed by atoms with E-state index in [-0.39, 0.29) is 0 Å². The third-order valence-electron chi connectivity index (χ3n) is 0.903.